The van der Waals surface area contributed by atoms with Crippen molar-refractivity contribution in [3.63, 3.8) is 0 Å². The van der Waals surface area contributed by atoms with E-state index in [0.29, 0.717) is 23.4 Å². The average molecular weight is 213 g/mol. The molecule has 0 spiro atoms. The van der Waals surface area contributed by atoms with Gasteiger partial charge in [0.25, 0.3) is 0 Å². The van der Waals surface area contributed by atoms with Crippen molar-refractivity contribution in [2.45, 2.75) is 26.7 Å². The first-order valence-electron chi connectivity index (χ1n) is 4.89. The monoisotopic (exact) mass is 212 g/mol. The minimum Gasteiger partial charge on any atom is -0.330 e. The van der Waals surface area contributed by atoms with Crippen LogP contribution in [0.3, 0.4) is 0 Å². The Labute approximate surface area is 90.5 Å². The summed E-state index contributed by atoms with van der Waals surface area (Å²) < 4.78 is 0. The molecule has 0 aromatic carbocycles. The molecule has 0 bridgehead atoms. The largest absolute Gasteiger partial charge is 0.330 e. The fraction of sp³-hybridized carbons (Fsp3) is 0.545. The number of aromatic nitrogens is 1. The molecule has 0 aliphatic heterocycles. The summed E-state index contributed by atoms with van der Waals surface area (Å²) in [5, 5.41) is 0.716. The quantitative estimate of drug-likeness (QED) is 0.837. The molecule has 0 aliphatic rings. The second kappa shape index (κ2) is 4.76. The van der Waals surface area contributed by atoms with E-state index in [9.17, 15) is 0 Å². The lowest BCUT2D eigenvalue weighted by atomic mass is 9.92. The second-order valence-corrected chi connectivity index (χ2v) is 4.30. The van der Waals surface area contributed by atoms with Crippen LogP contribution in [0.1, 0.15) is 31.2 Å². The third kappa shape index (κ3) is 2.46. The smallest absolute Gasteiger partial charge is 0.0618 e. The maximum atomic E-state index is 5.91. The molecule has 1 aromatic rings. The molecular weight excluding hydrogens is 196 g/mol. The molecular formula is C11H17ClN2. The summed E-state index contributed by atoms with van der Waals surface area (Å²) >= 11 is 5.91. The molecule has 2 N–H and O–H groups in total. The topological polar surface area (TPSA) is 38.9 Å². The van der Waals surface area contributed by atoms with Crippen LogP contribution in [0.15, 0.2) is 12.1 Å². The first-order valence-corrected chi connectivity index (χ1v) is 5.27. The van der Waals surface area contributed by atoms with Crippen LogP contribution in [-0.4, -0.2) is 11.5 Å². The number of nitrogens with zero attached hydrogens (tertiary/aromatic N) is 1. The Hall–Kier alpha value is -0.600. The van der Waals surface area contributed by atoms with Gasteiger partial charge in [0.05, 0.1) is 10.7 Å². The first-order chi connectivity index (χ1) is 6.56. The van der Waals surface area contributed by atoms with Crippen molar-refractivity contribution in [1.82, 2.24) is 4.98 Å². The summed E-state index contributed by atoms with van der Waals surface area (Å²) in [6.07, 6.45) is 0. The second-order valence-electron chi connectivity index (χ2n) is 3.89. The number of rotatable bonds is 3. The van der Waals surface area contributed by atoms with Gasteiger partial charge in [-0.15, -0.1) is 0 Å². The lowest BCUT2D eigenvalue weighted by Crippen LogP contribution is -2.19. The Morgan fingerprint density at radius 2 is 2.07 bits per heavy atom. The van der Waals surface area contributed by atoms with E-state index in [1.54, 1.807) is 0 Å². The highest BCUT2D eigenvalue weighted by Gasteiger charge is 2.15. The van der Waals surface area contributed by atoms with Crippen LogP contribution in [0.25, 0.3) is 0 Å². The predicted octanol–water partition coefficient (Wildman–Crippen LogP) is 2.74. The summed E-state index contributed by atoms with van der Waals surface area (Å²) in [7, 11) is 0. The van der Waals surface area contributed by atoms with Gasteiger partial charge < -0.3 is 5.73 Å². The van der Waals surface area contributed by atoms with Gasteiger partial charge >= 0.3 is 0 Å². The summed E-state index contributed by atoms with van der Waals surface area (Å²) in [5.74, 6) is 0.832. The van der Waals surface area contributed by atoms with Crippen LogP contribution in [0.4, 0.5) is 0 Å². The molecule has 14 heavy (non-hydrogen) atoms. The van der Waals surface area contributed by atoms with Crippen molar-refractivity contribution < 1.29 is 0 Å². The fourth-order valence-corrected chi connectivity index (χ4v) is 1.61. The normalized spacial score (nSPS) is 13.3. The molecule has 2 nitrogen and oxygen atoms in total. The van der Waals surface area contributed by atoms with E-state index in [2.05, 4.69) is 18.8 Å². The van der Waals surface area contributed by atoms with Gasteiger partial charge in [0.1, 0.15) is 0 Å². The van der Waals surface area contributed by atoms with E-state index in [4.69, 9.17) is 17.3 Å². The van der Waals surface area contributed by atoms with Crippen molar-refractivity contribution in [1.29, 1.82) is 0 Å². The first kappa shape index (κ1) is 11.5. The van der Waals surface area contributed by atoms with Gasteiger partial charge in [-0.25, -0.2) is 0 Å². The van der Waals surface area contributed by atoms with Crippen molar-refractivity contribution in [2.24, 2.45) is 11.7 Å². The maximum absolute atomic E-state index is 5.91. The Kier molecular flexibility index (Phi) is 3.90. The van der Waals surface area contributed by atoms with E-state index in [1.807, 2.05) is 19.1 Å². The van der Waals surface area contributed by atoms with E-state index in [-0.39, 0.29) is 0 Å². The Balaban J connectivity index is 3.00. The molecule has 3 heteroatoms. The summed E-state index contributed by atoms with van der Waals surface area (Å²) in [6.45, 7) is 6.86. The lowest BCUT2D eigenvalue weighted by Gasteiger charge is -2.18. The standard InChI is InChI=1S/C11H17ClN2/c1-7(2)9(6-13)11-5-4-10(12)8(3)14-11/h4-5,7,9H,6,13H2,1-3H3. The Morgan fingerprint density at radius 3 is 2.50 bits per heavy atom. The molecule has 1 aromatic heterocycles. The van der Waals surface area contributed by atoms with Crippen molar-refractivity contribution in [3.8, 4) is 0 Å². The van der Waals surface area contributed by atoms with Crippen molar-refractivity contribution in [3.05, 3.63) is 28.5 Å². The highest BCUT2D eigenvalue weighted by molar-refractivity contribution is 6.31. The van der Waals surface area contributed by atoms with Gasteiger partial charge in [-0.2, -0.15) is 0 Å². The van der Waals surface area contributed by atoms with Crippen LogP contribution < -0.4 is 5.73 Å². The zero-order valence-corrected chi connectivity index (χ0v) is 9.67. The minimum absolute atomic E-state index is 0.325. The third-order valence-electron chi connectivity index (χ3n) is 2.48. The zero-order valence-electron chi connectivity index (χ0n) is 8.92. The molecule has 1 heterocycles. The van der Waals surface area contributed by atoms with Crippen LogP contribution in [-0.2, 0) is 0 Å². The number of pyridine rings is 1. The molecule has 0 saturated carbocycles. The van der Waals surface area contributed by atoms with Crippen molar-refractivity contribution >= 4 is 11.6 Å². The molecule has 0 radical (unpaired) electrons. The Bertz CT molecular complexity index is 310. The number of nitrogens with two attached hydrogens (primary N) is 1. The highest BCUT2D eigenvalue weighted by atomic mass is 35.5. The average Bonchev–Trinajstić information content (AvgIpc) is 2.11. The summed E-state index contributed by atoms with van der Waals surface area (Å²) in [6, 6.07) is 3.86. The third-order valence-corrected chi connectivity index (χ3v) is 2.88. The highest BCUT2D eigenvalue weighted by Crippen LogP contribution is 2.23. The number of aryl methyl sites for hydroxylation is 1. The molecule has 1 atom stereocenters. The zero-order chi connectivity index (χ0) is 10.7. The molecule has 0 aliphatic carbocycles. The molecule has 0 amide bonds. The van der Waals surface area contributed by atoms with Gasteiger partial charge in [-0.05, 0) is 25.0 Å². The Morgan fingerprint density at radius 1 is 1.43 bits per heavy atom. The molecule has 0 saturated heterocycles. The predicted molar refractivity (Wildman–Crippen MR) is 60.6 cm³/mol. The molecule has 1 unspecified atom stereocenters. The van der Waals surface area contributed by atoms with Gasteiger partial charge in [0.15, 0.2) is 0 Å². The number of hydrogen-bond donors (Lipinski definition) is 1. The van der Waals surface area contributed by atoms with Gasteiger partial charge in [-0.3, -0.25) is 4.98 Å². The molecule has 1 rings (SSSR count). The van der Waals surface area contributed by atoms with Gasteiger partial charge in [-0.1, -0.05) is 25.4 Å². The van der Waals surface area contributed by atoms with E-state index in [0.717, 1.165) is 11.4 Å². The van der Waals surface area contributed by atoms with E-state index < -0.39 is 0 Å². The molecule has 0 fully saturated rings. The van der Waals surface area contributed by atoms with Crippen LogP contribution in [0, 0.1) is 12.8 Å². The van der Waals surface area contributed by atoms with Crippen LogP contribution >= 0.6 is 11.6 Å². The van der Waals surface area contributed by atoms with E-state index >= 15 is 0 Å². The fourth-order valence-electron chi connectivity index (χ4n) is 1.50. The molecule has 78 valence electrons. The minimum atomic E-state index is 0.325. The number of hydrogen-bond acceptors (Lipinski definition) is 2. The van der Waals surface area contributed by atoms with Crippen molar-refractivity contribution in [2.75, 3.05) is 6.54 Å². The van der Waals surface area contributed by atoms with Gasteiger partial charge in [0, 0.05) is 18.2 Å². The maximum Gasteiger partial charge on any atom is 0.0618 e. The van der Waals surface area contributed by atoms with E-state index in [1.165, 1.54) is 0 Å². The SMILES string of the molecule is Cc1nc(C(CN)C(C)C)ccc1Cl. The summed E-state index contributed by atoms with van der Waals surface area (Å²) in [4.78, 5) is 4.45. The lowest BCUT2D eigenvalue weighted by molar-refractivity contribution is 0.495. The van der Waals surface area contributed by atoms with Crippen LogP contribution in [0.2, 0.25) is 5.02 Å². The number of halogens is 1. The van der Waals surface area contributed by atoms with Crippen LogP contribution in [0.5, 0.6) is 0 Å². The summed E-state index contributed by atoms with van der Waals surface area (Å²) in [5.41, 5.74) is 7.64. The van der Waals surface area contributed by atoms with Gasteiger partial charge in [0.2, 0.25) is 0 Å².